The minimum Gasteiger partial charge on any atom is -0.0617 e. The third-order valence-electron chi connectivity index (χ3n) is 2.62. The zero-order valence-electron chi connectivity index (χ0n) is 7.72. The smallest absolute Gasteiger partial charge is 0.0250 e. The zero-order valence-corrected chi connectivity index (χ0v) is 7.72. The molecule has 1 aliphatic rings. The fourth-order valence-electron chi connectivity index (χ4n) is 1.63. The van der Waals surface area contributed by atoms with Crippen LogP contribution in [0, 0.1) is 5.92 Å². The summed E-state index contributed by atoms with van der Waals surface area (Å²) in [6, 6.07) is 9.03. The van der Waals surface area contributed by atoms with E-state index >= 15 is 0 Å². The van der Waals surface area contributed by atoms with Crippen LogP contribution in [0.4, 0.5) is 0 Å². The Morgan fingerprint density at radius 2 is 2.00 bits per heavy atom. The molecule has 0 amide bonds. The van der Waals surface area contributed by atoms with Crippen molar-refractivity contribution >= 4 is 0 Å². The first-order valence-electron chi connectivity index (χ1n) is 4.96. The maximum absolute atomic E-state index is 2.36. The summed E-state index contributed by atoms with van der Waals surface area (Å²) in [5, 5.41) is 0. The van der Waals surface area contributed by atoms with Crippen molar-refractivity contribution in [3.63, 3.8) is 0 Å². The van der Waals surface area contributed by atoms with Crippen molar-refractivity contribution in [3.8, 4) is 0 Å². The molecule has 0 aliphatic heterocycles. The third kappa shape index (κ3) is 1.88. The van der Waals surface area contributed by atoms with Crippen LogP contribution in [-0.2, 0) is 12.8 Å². The molecule has 12 heavy (non-hydrogen) atoms. The second kappa shape index (κ2) is 3.30. The summed E-state index contributed by atoms with van der Waals surface area (Å²) in [4.78, 5) is 0. The van der Waals surface area contributed by atoms with Crippen LogP contribution in [0.25, 0.3) is 0 Å². The van der Waals surface area contributed by atoms with E-state index in [4.69, 9.17) is 0 Å². The summed E-state index contributed by atoms with van der Waals surface area (Å²) in [7, 11) is 0. The van der Waals surface area contributed by atoms with Crippen LogP contribution in [0.1, 0.15) is 30.9 Å². The molecule has 0 spiro atoms. The van der Waals surface area contributed by atoms with E-state index < -0.39 is 0 Å². The first kappa shape index (κ1) is 7.85. The first-order valence-corrected chi connectivity index (χ1v) is 4.96. The summed E-state index contributed by atoms with van der Waals surface area (Å²) in [5.41, 5.74) is 3.02. The van der Waals surface area contributed by atoms with Gasteiger partial charge in [0.1, 0.15) is 0 Å². The molecule has 0 radical (unpaired) electrons. The lowest BCUT2D eigenvalue weighted by Crippen LogP contribution is -1.88. The first-order chi connectivity index (χ1) is 5.88. The van der Waals surface area contributed by atoms with Crippen LogP contribution in [0.5, 0.6) is 0 Å². The van der Waals surface area contributed by atoms with Gasteiger partial charge in [-0.05, 0) is 42.7 Å². The average Bonchev–Trinajstić information content (AvgIpc) is 2.89. The van der Waals surface area contributed by atoms with Gasteiger partial charge >= 0.3 is 0 Å². The van der Waals surface area contributed by atoms with Gasteiger partial charge in [-0.25, -0.2) is 0 Å². The lowest BCUT2D eigenvalue weighted by molar-refractivity contribution is 0.830. The number of rotatable bonds is 3. The molecule has 0 atom stereocenters. The summed E-state index contributed by atoms with van der Waals surface area (Å²) < 4.78 is 0. The standard InChI is InChI=1S/C12H16/c1-2-10-4-3-5-12(8-10)9-11-6-7-11/h3-5,8,11H,2,6-7,9H2,1H3. The third-order valence-corrected chi connectivity index (χ3v) is 2.62. The Bertz CT molecular complexity index is 258. The molecule has 2 rings (SSSR count). The van der Waals surface area contributed by atoms with Crippen LogP contribution >= 0.6 is 0 Å². The molecule has 1 fully saturated rings. The minimum absolute atomic E-state index is 1.01. The van der Waals surface area contributed by atoms with Gasteiger partial charge in [0, 0.05) is 0 Å². The topological polar surface area (TPSA) is 0 Å². The van der Waals surface area contributed by atoms with Crippen LogP contribution in [0.3, 0.4) is 0 Å². The van der Waals surface area contributed by atoms with Gasteiger partial charge in [0.05, 0.1) is 0 Å². The highest BCUT2D eigenvalue weighted by Gasteiger charge is 2.21. The van der Waals surface area contributed by atoms with E-state index in [0.717, 1.165) is 5.92 Å². The van der Waals surface area contributed by atoms with Gasteiger partial charge in [-0.2, -0.15) is 0 Å². The van der Waals surface area contributed by atoms with Gasteiger partial charge < -0.3 is 0 Å². The molecule has 0 aromatic heterocycles. The van der Waals surface area contributed by atoms with Gasteiger partial charge in [0.2, 0.25) is 0 Å². The summed E-state index contributed by atoms with van der Waals surface area (Å²) >= 11 is 0. The van der Waals surface area contributed by atoms with Gasteiger partial charge in [-0.1, -0.05) is 31.2 Å². The second-order valence-corrected chi connectivity index (χ2v) is 3.82. The van der Waals surface area contributed by atoms with Gasteiger partial charge in [-0.15, -0.1) is 0 Å². The fourth-order valence-corrected chi connectivity index (χ4v) is 1.63. The molecule has 0 saturated heterocycles. The highest BCUT2D eigenvalue weighted by molar-refractivity contribution is 5.24. The monoisotopic (exact) mass is 160 g/mol. The summed E-state index contributed by atoms with van der Waals surface area (Å²) in [5.74, 6) is 1.01. The van der Waals surface area contributed by atoms with Crippen LogP contribution in [0.2, 0.25) is 0 Å². The summed E-state index contributed by atoms with van der Waals surface area (Å²) in [6.07, 6.45) is 5.39. The normalized spacial score (nSPS) is 16.4. The van der Waals surface area contributed by atoms with Gasteiger partial charge in [-0.3, -0.25) is 0 Å². The minimum atomic E-state index is 1.01. The van der Waals surface area contributed by atoms with E-state index in [2.05, 4.69) is 31.2 Å². The number of aryl methyl sites for hydroxylation is 1. The van der Waals surface area contributed by atoms with Crippen molar-refractivity contribution in [2.24, 2.45) is 5.92 Å². The quantitative estimate of drug-likeness (QED) is 0.637. The molecule has 1 aromatic rings. The van der Waals surface area contributed by atoms with Crippen molar-refractivity contribution in [2.45, 2.75) is 32.6 Å². The largest absolute Gasteiger partial charge is 0.0617 e. The molecule has 0 unspecified atom stereocenters. The highest BCUT2D eigenvalue weighted by Crippen LogP contribution is 2.32. The lowest BCUT2D eigenvalue weighted by atomic mass is 10.0. The summed E-state index contributed by atoms with van der Waals surface area (Å²) in [6.45, 7) is 2.22. The van der Waals surface area contributed by atoms with Crippen molar-refractivity contribution in [1.29, 1.82) is 0 Å². The molecule has 1 aliphatic carbocycles. The molecule has 0 heterocycles. The molecular formula is C12H16. The van der Waals surface area contributed by atoms with E-state index in [1.807, 2.05) is 0 Å². The van der Waals surface area contributed by atoms with Gasteiger partial charge in [0.25, 0.3) is 0 Å². The van der Waals surface area contributed by atoms with Crippen molar-refractivity contribution in [2.75, 3.05) is 0 Å². The molecule has 0 nitrogen and oxygen atoms in total. The number of hydrogen-bond donors (Lipinski definition) is 0. The maximum atomic E-state index is 2.36. The second-order valence-electron chi connectivity index (χ2n) is 3.82. The number of benzene rings is 1. The van der Waals surface area contributed by atoms with Crippen molar-refractivity contribution in [1.82, 2.24) is 0 Å². The Labute approximate surface area is 74.6 Å². The van der Waals surface area contributed by atoms with E-state index in [-0.39, 0.29) is 0 Å². The molecule has 1 aromatic carbocycles. The Morgan fingerprint density at radius 1 is 1.25 bits per heavy atom. The highest BCUT2D eigenvalue weighted by atomic mass is 14.3. The van der Waals surface area contributed by atoms with Gasteiger partial charge in [0.15, 0.2) is 0 Å². The maximum Gasteiger partial charge on any atom is -0.0250 e. The molecule has 0 bridgehead atoms. The Morgan fingerprint density at radius 3 is 2.67 bits per heavy atom. The predicted molar refractivity (Wildman–Crippen MR) is 52.2 cm³/mol. The molecular weight excluding hydrogens is 144 g/mol. The molecule has 0 N–H and O–H groups in total. The molecule has 0 heteroatoms. The fraction of sp³-hybridized carbons (Fsp3) is 0.500. The van der Waals surface area contributed by atoms with Crippen LogP contribution in [0.15, 0.2) is 24.3 Å². The number of hydrogen-bond acceptors (Lipinski definition) is 0. The van der Waals surface area contributed by atoms with E-state index in [9.17, 15) is 0 Å². The SMILES string of the molecule is CCc1cccc(CC2CC2)c1. The van der Waals surface area contributed by atoms with Crippen molar-refractivity contribution < 1.29 is 0 Å². The Kier molecular flexibility index (Phi) is 2.16. The Hall–Kier alpha value is -0.780. The lowest BCUT2D eigenvalue weighted by Gasteiger charge is -2.01. The van der Waals surface area contributed by atoms with Crippen LogP contribution < -0.4 is 0 Å². The van der Waals surface area contributed by atoms with Crippen molar-refractivity contribution in [3.05, 3.63) is 35.4 Å². The molecule has 64 valence electrons. The molecule has 1 saturated carbocycles. The van der Waals surface area contributed by atoms with E-state index in [1.165, 1.54) is 36.8 Å². The zero-order chi connectivity index (χ0) is 8.39. The van der Waals surface area contributed by atoms with Crippen LogP contribution in [-0.4, -0.2) is 0 Å². The van der Waals surface area contributed by atoms with E-state index in [1.54, 1.807) is 0 Å². The Balaban J connectivity index is 2.08. The average molecular weight is 160 g/mol. The van der Waals surface area contributed by atoms with E-state index in [0.29, 0.717) is 0 Å². The predicted octanol–water partition coefficient (Wildman–Crippen LogP) is 3.20.